The first kappa shape index (κ1) is 19.4. The second-order valence-electron chi connectivity index (χ2n) is 5.99. The van der Waals surface area contributed by atoms with Crippen LogP contribution < -0.4 is 10.0 Å². The quantitative estimate of drug-likeness (QED) is 0.712. The molecule has 0 bridgehead atoms. The maximum absolute atomic E-state index is 12.6. The highest BCUT2D eigenvalue weighted by atomic mass is 32.2. The van der Waals surface area contributed by atoms with E-state index in [-0.39, 0.29) is 23.6 Å². The van der Waals surface area contributed by atoms with Crippen LogP contribution in [0.25, 0.3) is 0 Å². The molecule has 8 heteroatoms. The molecule has 1 aromatic rings. The molecule has 7 nitrogen and oxygen atoms in total. The Morgan fingerprint density at radius 2 is 1.88 bits per heavy atom. The van der Waals surface area contributed by atoms with Crippen LogP contribution in [0.2, 0.25) is 0 Å². The molecule has 0 saturated heterocycles. The second kappa shape index (κ2) is 7.97. The molecule has 1 saturated carbocycles. The van der Waals surface area contributed by atoms with Crippen LogP contribution in [0.4, 0.5) is 0 Å². The van der Waals surface area contributed by atoms with Crippen molar-refractivity contribution < 1.29 is 22.7 Å². The van der Waals surface area contributed by atoms with E-state index in [0.717, 1.165) is 12.8 Å². The van der Waals surface area contributed by atoms with Crippen molar-refractivity contribution in [3.63, 3.8) is 0 Å². The molecule has 0 spiro atoms. The van der Waals surface area contributed by atoms with Crippen LogP contribution in [-0.4, -0.2) is 39.0 Å². The van der Waals surface area contributed by atoms with E-state index in [1.807, 2.05) is 0 Å². The van der Waals surface area contributed by atoms with E-state index in [4.69, 9.17) is 4.74 Å². The molecule has 0 unspecified atom stereocenters. The monoisotopic (exact) mass is 368 g/mol. The molecule has 1 aromatic carbocycles. The Balaban J connectivity index is 2.24. The van der Waals surface area contributed by atoms with Crippen LogP contribution in [-0.2, 0) is 19.6 Å². The van der Waals surface area contributed by atoms with Gasteiger partial charge in [0, 0.05) is 12.1 Å². The highest BCUT2D eigenvalue weighted by Gasteiger charge is 2.44. The maximum Gasteiger partial charge on any atom is 0.331 e. The molecule has 1 fully saturated rings. The third-order valence-corrected chi connectivity index (χ3v) is 5.76. The Kier molecular flexibility index (Phi) is 6.18. The Hall–Kier alpha value is -1.93. The van der Waals surface area contributed by atoms with E-state index in [1.54, 1.807) is 13.8 Å². The summed E-state index contributed by atoms with van der Waals surface area (Å²) in [6.07, 6.45) is 2.70. The number of nitrogens with one attached hydrogen (secondary N) is 2. The number of carbonyl (C=O) groups is 2. The van der Waals surface area contributed by atoms with Crippen LogP contribution in [0, 0.1) is 0 Å². The molecule has 2 N–H and O–H groups in total. The van der Waals surface area contributed by atoms with Gasteiger partial charge in [-0.05, 0) is 38.0 Å². The van der Waals surface area contributed by atoms with Gasteiger partial charge in [0.05, 0.1) is 11.5 Å². The molecule has 0 heterocycles. The van der Waals surface area contributed by atoms with Crippen LogP contribution >= 0.6 is 0 Å². The van der Waals surface area contributed by atoms with Crippen molar-refractivity contribution in [2.75, 3.05) is 13.2 Å². The average molecular weight is 368 g/mol. The number of esters is 1. The van der Waals surface area contributed by atoms with Gasteiger partial charge in [-0.25, -0.2) is 17.9 Å². The third kappa shape index (κ3) is 4.38. The van der Waals surface area contributed by atoms with E-state index in [9.17, 15) is 18.0 Å². The maximum atomic E-state index is 12.6. The van der Waals surface area contributed by atoms with Gasteiger partial charge in [0.25, 0.3) is 5.91 Å². The SMILES string of the molecule is CCNS(=O)(=O)c1cccc(C(=O)NC2(C(=O)OCC)CCCC2)c1. The largest absolute Gasteiger partial charge is 0.464 e. The normalized spacial score (nSPS) is 16.4. The minimum atomic E-state index is -3.66. The van der Waals surface area contributed by atoms with Crippen molar-refractivity contribution in [1.29, 1.82) is 0 Å². The predicted octanol–water partition coefficient (Wildman–Crippen LogP) is 1.59. The van der Waals surface area contributed by atoms with E-state index in [0.29, 0.717) is 12.8 Å². The first-order valence-corrected chi connectivity index (χ1v) is 9.92. The Labute approximate surface area is 148 Å². The lowest BCUT2D eigenvalue weighted by Crippen LogP contribution is -2.53. The third-order valence-electron chi connectivity index (χ3n) is 4.22. The summed E-state index contributed by atoms with van der Waals surface area (Å²) in [7, 11) is -3.66. The smallest absolute Gasteiger partial charge is 0.331 e. The zero-order valence-corrected chi connectivity index (χ0v) is 15.3. The number of rotatable bonds is 7. The summed E-state index contributed by atoms with van der Waals surface area (Å²) >= 11 is 0. The standard InChI is InChI=1S/C17H24N2O5S/c1-3-18-25(22,23)14-9-7-8-13(12-14)15(20)19-17(10-5-6-11-17)16(21)24-4-2/h7-9,12,18H,3-6,10-11H2,1-2H3,(H,19,20). The second-order valence-corrected chi connectivity index (χ2v) is 7.76. The average Bonchev–Trinajstić information content (AvgIpc) is 3.05. The van der Waals surface area contributed by atoms with Crippen molar-refractivity contribution in [3.05, 3.63) is 29.8 Å². The minimum Gasteiger partial charge on any atom is -0.464 e. The molecule has 0 aromatic heterocycles. The van der Waals surface area contributed by atoms with E-state index < -0.39 is 27.4 Å². The lowest BCUT2D eigenvalue weighted by atomic mass is 9.97. The topological polar surface area (TPSA) is 102 Å². The van der Waals surface area contributed by atoms with Crippen LogP contribution in [0.15, 0.2) is 29.2 Å². The summed E-state index contributed by atoms with van der Waals surface area (Å²) in [6.45, 7) is 3.90. The van der Waals surface area contributed by atoms with Gasteiger partial charge in [0.2, 0.25) is 10.0 Å². The fourth-order valence-electron chi connectivity index (χ4n) is 3.00. The highest BCUT2D eigenvalue weighted by Crippen LogP contribution is 2.31. The number of sulfonamides is 1. The molecular formula is C17H24N2O5S. The van der Waals surface area contributed by atoms with Gasteiger partial charge in [0.15, 0.2) is 0 Å². The summed E-state index contributed by atoms with van der Waals surface area (Å²) in [5, 5.41) is 2.78. The van der Waals surface area contributed by atoms with Gasteiger partial charge in [-0.1, -0.05) is 25.8 Å². The molecule has 0 radical (unpaired) electrons. The predicted molar refractivity (Wildman–Crippen MR) is 92.6 cm³/mol. The van der Waals surface area contributed by atoms with Gasteiger partial charge < -0.3 is 10.1 Å². The van der Waals surface area contributed by atoms with E-state index in [1.165, 1.54) is 24.3 Å². The summed E-state index contributed by atoms with van der Waals surface area (Å²) in [5.74, 6) is -0.916. The van der Waals surface area contributed by atoms with Gasteiger partial charge in [-0.15, -0.1) is 0 Å². The fraction of sp³-hybridized carbons (Fsp3) is 0.529. The Morgan fingerprint density at radius 1 is 1.20 bits per heavy atom. The van der Waals surface area contributed by atoms with Crippen molar-refractivity contribution in [1.82, 2.24) is 10.0 Å². The summed E-state index contributed by atoms with van der Waals surface area (Å²) in [4.78, 5) is 24.9. The van der Waals surface area contributed by atoms with Crippen molar-refractivity contribution >= 4 is 21.9 Å². The molecule has 0 atom stereocenters. The molecule has 138 valence electrons. The lowest BCUT2D eigenvalue weighted by molar-refractivity contribution is -0.150. The number of amides is 1. The first-order valence-electron chi connectivity index (χ1n) is 8.44. The van der Waals surface area contributed by atoms with Crippen LogP contribution in [0.5, 0.6) is 0 Å². The summed E-state index contributed by atoms with van der Waals surface area (Å²) in [5.41, 5.74) is -0.835. The molecule has 0 aliphatic heterocycles. The number of hydrogen-bond acceptors (Lipinski definition) is 5. The number of benzene rings is 1. The van der Waals surface area contributed by atoms with Crippen molar-refractivity contribution in [3.8, 4) is 0 Å². The van der Waals surface area contributed by atoms with Gasteiger partial charge in [0.1, 0.15) is 5.54 Å². The zero-order chi connectivity index (χ0) is 18.5. The molecular weight excluding hydrogens is 344 g/mol. The van der Waals surface area contributed by atoms with Crippen molar-refractivity contribution in [2.24, 2.45) is 0 Å². The Bertz CT molecular complexity index is 739. The lowest BCUT2D eigenvalue weighted by Gasteiger charge is -2.27. The van der Waals surface area contributed by atoms with E-state index >= 15 is 0 Å². The van der Waals surface area contributed by atoms with E-state index in [2.05, 4.69) is 10.0 Å². The van der Waals surface area contributed by atoms with Crippen LogP contribution in [0.1, 0.15) is 49.9 Å². The molecule has 1 aliphatic carbocycles. The number of carbonyl (C=O) groups excluding carboxylic acids is 2. The fourth-order valence-corrected chi connectivity index (χ4v) is 4.08. The molecule has 1 aliphatic rings. The first-order chi connectivity index (χ1) is 11.8. The minimum absolute atomic E-state index is 0.0126. The summed E-state index contributed by atoms with van der Waals surface area (Å²) in [6, 6.07) is 5.76. The van der Waals surface area contributed by atoms with Gasteiger partial charge in [-0.2, -0.15) is 0 Å². The molecule has 25 heavy (non-hydrogen) atoms. The van der Waals surface area contributed by atoms with Crippen LogP contribution in [0.3, 0.4) is 0 Å². The molecule has 1 amide bonds. The number of hydrogen-bond donors (Lipinski definition) is 2. The van der Waals surface area contributed by atoms with Crippen molar-refractivity contribution in [2.45, 2.75) is 50.0 Å². The highest BCUT2D eigenvalue weighted by molar-refractivity contribution is 7.89. The van der Waals surface area contributed by atoms with Gasteiger partial charge in [-0.3, -0.25) is 4.79 Å². The van der Waals surface area contributed by atoms with Gasteiger partial charge >= 0.3 is 5.97 Å². The summed E-state index contributed by atoms with van der Waals surface area (Å²) < 4.78 is 31.7. The Morgan fingerprint density at radius 3 is 2.48 bits per heavy atom. The zero-order valence-electron chi connectivity index (χ0n) is 14.5. The molecule has 2 rings (SSSR count). The number of ether oxygens (including phenoxy) is 1.